The van der Waals surface area contributed by atoms with Crippen molar-refractivity contribution >= 4 is 49.0 Å². The lowest BCUT2D eigenvalue weighted by atomic mass is 10.1. The summed E-state index contributed by atoms with van der Waals surface area (Å²) in [5.74, 6) is -0.187. The Kier molecular flexibility index (Phi) is 4.25. The lowest BCUT2D eigenvalue weighted by Crippen LogP contribution is -2.12. The highest BCUT2D eigenvalue weighted by Crippen LogP contribution is 2.41. The van der Waals surface area contributed by atoms with Gasteiger partial charge in [-0.15, -0.1) is 16.4 Å². The van der Waals surface area contributed by atoms with E-state index in [1.54, 1.807) is 0 Å². The second-order valence-electron chi connectivity index (χ2n) is 6.86. The molecular weight excluding hydrogens is 484 g/mol. The first-order chi connectivity index (χ1) is 14.9. The van der Waals surface area contributed by atoms with Gasteiger partial charge in [0.05, 0.1) is 5.52 Å². The zero-order chi connectivity index (χ0) is 23.2. The first kappa shape index (κ1) is 20.9. The van der Waals surface area contributed by atoms with Crippen molar-refractivity contribution in [2.45, 2.75) is 19.3 Å². The number of thiophene rings is 1. The highest BCUT2D eigenvalue weighted by molar-refractivity contribution is 7.26. The molecule has 0 aliphatic carbocycles. The van der Waals surface area contributed by atoms with E-state index in [2.05, 4.69) is 25.1 Å². The molecule has 0 aliphatic rings. The highest BCUT2D eigenvalue weighted by atomic mass is 35.5. The SMILES string of the molecule is Cc1cc(C(F)(F)F)nc2sc3c(ncn4nc(-c5nn(C)c(C(F)(F)F)c5Cl)nc34)c12. The van der Waals surface area contributed by atoms with Crippen LogP contribution in [0.4, 0.5) is 26.3 Å². The third-order valence-corrected chi connectivity index (χ3v) is 6.15. The number of aromatic nitrogens is 7. The van der Waals surface area contributed by atoms with E-state index in [0.29, 0.717) is 25.8 Å². The molecule has 0 aromatic carbocycles. The van der Waals surface area contributed by atoms with Crippen molar-refractivity contribution in [1.82, 2.24) is 34.3 Å². The minimum absolute atomic E-state index is 0.104. The molecule has 5 heterocycles. The van der Waals surface area contributed by atoms with E-state index in [0.717, 1.165) is 24.5 Å². The van der Waals surface area contributed by atoms with Crippen molar-refractivity contribution in [2.24, 2.45) is 7.05 Å². The fourth-order valence-corrected chi connectivity index (χ4v) is 4.93. The summed E-state index contributed by atoms with van der Waals surface area (Å²) >= 11 is 6.84. The minimum atomic E-state index is -4.74. The van der Waals surface area contributed by atoms with Crippen molar-refractivity contribution in [2.75, 3.05) is 0 Å². The number of alkyl halides is 6. The third kappa shape index (κ3) is 3.00. The van der Waals surface area contributed by atoms with E-state index in [-0.39, 0.29) is 22.0 Å². The van der Waals surface area contributed by atoms with Crippen LogP contribution in [-0.2, 0) is 19.4 Å². The average Bonchev–Trinajstić information content (AvgIpc) is 3.32. The predicted octanol–water partition coefficient (Wildman–Crippen LogP) is 5.29. The van der Waals surface area contributed by atoms with Gasteiger partial charge in [-0.25, -0.2) is 19.5 Å². The molecule has 0 atom stereocenters. The number of nitrogens with zero attached hydrogens (tertiary/aromatic N) is 7. The Morgan fingerprint density at radius 3 is 2.38 bits per heavy atom. The maximum absolute atomic E-state index is 13.2. The van der Waals surface area contributed by atoms with Gasteiger partial charge in [-0.3, -0.25) is 4.68 Å². The van der Waals surface area contributed by atoms with Crippen LogP contribution < -0.4 is 0 Å². The van der Waals surface area contributed by atoms with Crippen LogP contribution in [0.3, 0.4) is 0 Å². The summed E-state index contributed by atoms with van der Waals surface area (Å²) < 4.78 is 81.3. The molecular formula is C17H8ClF6N7S. The molecule has 15 heteroatoms. The van der Waals surface area contributed by atoms with Crippen molar-refractivity contribution in [3.8, 4) is 11.5 Å². The summed E-state index contributed by atoms with van der Waals surface area (Å²) in [7, 11) is 1.09. The number of rotatable bonds is 1. The van der Waals surface area contributed by atoms with Gasteiger partial charge in [0.1, 0.15) is 26.6 Å². The number of pyridine rings is 1. The predicted molar refractivity (Wildman–Crippen MR) is 103 cm³/mol. The third-order valence-electron chi connectivity index (χ3n) is 4.72. The van der Waals surface area contributed by atoms with Crippen molar-refractivity contribution in [3.05, 3.63) is 34.4 Å². The summed E-state index contributed by atoms with van der Waals surface area (Å²) in [6, 6.07) is 0.932. The molecule has 0 bridgehead atoms. The van der Waals surface area contributed by atoms with Crippen LogP contribution in [0.15, 0.2) is 12.4 Å². The molecule has 0 saturated carbocycles. The molecule has 0 fully saturated rings. The lowest BCUT2D eigenvalue weighted by molar-refractivity contribution is -0.143. The molecule has 0 amide bonds. The normalized spacial score (nSPS) is 13.2. The molecule has 32 heavy (non-hydrogen) atoms. The maximum atomic E-state index is 13.2. The molecule has 0 aliphatic heterocycles. The molecule has 5 aromatic heterocycles. The van der Waals surface area contributed by atoms with Crippen molar-refractivity contribution in [3.63, 3.8) is 0 Å². The fourth-order valence-electron chi connectivity index (χ4n) is 3.40. The quantitative estimate of drug-likeness (QED) is 0.298. The Hall–Kier alpha value is -3.00. The highest BCUT2D eigenvalue weighted by Gasteiger charge is 2.40. The van der Waals surface area contributed by atoms with E-state index in [1.807, 2.05) is 0 Å². The number of halogens is 7. The van der Waals surface area contributed by atoms with Gasteiger partial charge in [0, 0.05) is 12.4 Å². The van der Waals surface area contributed by atoms with Gasteiger partial charge < -0.3 is 0 Å². The Bertz CT molecular complexity index is 1550. The molecule has 0 unspecified atom stereocenters. The Morgan fingerprint density at radius 1 is 1.03 bits per heavy atom. The van der Waals surface area contributed by atoms with E-state index in [4.69, 9.17) is 11.6 Å². The second kappa shape index (κ2) is 6.51. The monoisotopic (exact) mass is 491 g/mol. The van der Waals surface area contributed by atoms with E-state index in [9.17, 15) is 26.3 Å². The number of hydrogen-bond donors (Lipinski definition) is 0. The van der Waals surface area contributed by atoms with Crippen LogP contribution in [0.25, 0.3) is 37.6 Å². The lowest BCUT2D eigenvalue weighted by Gasteiger charge is -2.06. The molecule has 0 N–H and O–H groups in total. The maximum Gasteiger partial charge on any atom is 0.434 e. The van der Waals surface area contributed by atoms with Crippen LogP contribution >= 0.6 is 22.9 Å². The minimum Gasteiger partial charge on any atom is -0.261 e. The van der Waals surface area contributed by atoms with E-state index in [1.165, 1.54) is 17.8 Å². The summed E-state index contributed by atoms with van der Waals surface area (Å²) in [5.41, 5.74) is -1.61. The average molecular weight is 492 g/mol. The summed E-state index contributed by atoms with van der Waals surface area (Å²) in [6.07, 6.45) is -8.10. The summed E-state index contributed by atoms with van der Waals surface area (Å²) in [6.45, 7) is 1.51. The smallest absolute Gasteiger partial charge is 0.261 e. The molecule has 0 saturated heterocycles. The zero-order valence-electron chi connectivity index (χ0n) is 15.8. The van der Waals surface area contributed by atoms with Gasteiger partial charge in [-0.1, -0.05) is 11.6 Å². The van der Waals surface area contributed by atoms with Crippen LogP contribution in [-0.4, -0.2) is 34.3 Å². The van der Waals surface area contributed by atoms with E-state index >= 15 is 0 Å². The number of hydrogen-bond acceptors (Lipinski definition) is 6. The van der Waals surface area contributed by atoms with Gasteiger partial charge in [-0.05, 0) is 18.6 Å². The fraction of sp³-hybridized carbons (Fsp3) is 0.235. The van der Waals surface area contributed by atoms with Crippen LogP contribution in [0.2, 0.25) is 5.02 Å². The van der Waals surface area contributed by atoms with Crippen molar-refractivity contribution < 1.29 is 26.3 Å². The van der Waals surface area contributed by atoms with Gasteiger partial charge in [0.15, 0.2) is 17.0 Å². The molecule has 0 radical (unpaired) electrons. The molecule has 7 nitrogen and oxygen atoms in total. The second-order valence-corrected chi connectivity index (χ2v) is 8.24. The van der Waals surface area contributed by atoms with Gasteiger partial charge in [0.2, 0.25) is 5.82 Å². The van der Waals surface area contributed by atoms with Gasteiger partial charge >= 0.3 is 12.4 Å². The summed E-state index contributed by atoms with van der Waals surface area (Å²) in [5, 5.41) is 7.66. The Labute approximate surface area is 182 Å². The standard InChI is InChI=1S/C17H8ClF6N7S/c1-5-3-6(16(19,20)21)26-15-7(5)9-11(32-15)14-27-13(29-31(14)4-25-9)10-8(18)12(17(22,23)24)30(2)28-10/h3-4H,1-2H3. The van der Waals surface area contributed by atoms with E-state index < -0.39 is 28.8 Å². The molecule has 5 aromatic rings. The Morgan fingerprint density at radius 2 is 1.75 bits per heavy atom. The largest absolute Gasteiger partial charge is 0.434 e. The number of aryl methyl sites for hydroxylation is 2. The van der Waals surface area contributed by atoms with Crippen LogP contribution in [0, 0.1) is 6.92 Å². The Balaban J connectivity index is 1.76. The topological polar surface area (TPSA) is 73.8 Å². The van der Waals surface area contributed by atoms with Gasteiger partial charge in [-0.2, -0.15) is 31.4 Å². The van der Waals surface area contributed by atoms with Crippen LogP contribution in [0.1, 0.15) is 17.0 Å². The first-order valence-corrected chi connectivity index (χ1v) is 9.88. The summed E-state index contributed by atoms with van der Waals surface area (Å²) in [4.78, 5) is 12.3. The molecule has 5 rings (SSSR count). The van der Waals surface area contributed by atoms with Gasteiger partial charge in [0.25, 0.3) is 0 Å². The van der Waals surface area contributed by atoms with Crippen molar-refractivity contribution in [1.29, 1.82) is 0 Å². The molecule has 0 spiro atoms. The molecule has 166 valence electrons. The number of fused-ring (bicyclic) bond motifs is 5. The first-order valence-electron chi connectivity index (χ1n) is 8.68. The zero-order valence-corrected chi connectivity index (χ0v) is 17.4. The van der Waals surface area contributed by atoms with Crippen LogP contribution in [0.5, 0.6) is 0 Å².